The number of anilines is 1. The molecule has 0 aliphatic heterocycles. The molecule has 0 spiro atoms. The summed E-state index contributed by atoms with van der Waals surface area (Å²) in [5.74, 6) is 0.305. The van der Waals surface area contributed by atoms with E-state index in [0.29, 0.717) is 32.3 Å². The third-order valence-electron chi connectivity index (χ3n) is 3.21. The Morgan fingerprint density at radius 1 is 1.27 bits per heavy atom. The smallest absolute Gasteiger partial charge is 0.234 e. The number of hydrogen-bond donors (Lipinski definition) is 3. The zero-order valence-electron chi connectivity index (χ0n) is 13.0. The number of nitrogens with one attached hydrogen (secondary N) is 2. The van der Waals surface area contributed by atoms with Crippen molar-refractivity contribution < 1.29 is 9.90 Å². The van der Waals surface area contributed by atoms with Gasteiger partial charge < -0.3 is 10.4 Å². The van der Waals surface area contributed by atoms with Crippen LogP contribution in [0.15, 0.2) is 46.0 Å². The van der Waals surface area contributed by atoms with E-state index in [1.165, 1.54) is 0 Å². The summed E-state index contributed by atoms with van der Waals surface area (Å²) in [5, 5.41) is 20.7. The number of phenols is 1. The van der Waals surface area contributed by atoms with Gasteiger partial charge in [0.15, 0.2) is 5.82 Å². The molecule has 3 N–H and O–H groups in total. The molecule has 6 nitrogen and oxygen atoms in total. The van der Waals surface area contributed by atoms with E-state index >= 15 is 0 Å². The van der Waals surface area contributed by atoms with Crippen LogP contribution in [0.5, 0.6) is 5.75 Å². The van der Waals surface area contributed by atoms with Gasteiger partial charge in [-0.1, -0.05) is 50.9 Å². The van der Waals surface area contributed by atoms with Crippen LogP contribution in [0, 0.1) is 0 Å². The van der Waals surface area contributed by atoms with Gasteiger partial charge in [0.05, 0.1) is 22.0 Å². The molecule has 1 heterocycles. The van der Waals surface area contributed by atoms with Crippen LogP contribution in [0.2, 0.25) is 10.0 Å². The Balaban J connectivity index is 1.64. The Morgan fingerprint density at radius 2 is 2.08 bits per heavy atom. The fraction of sp³-hybridized carbons (Fsp3) is 0.0625. The number of nitrogens with zero attached hydrogens (tertiary/aromatic N) is 2. The summed E-state index contributed by atoms with van der Waals surface area (Å²) in [7, 11) is 0. The molecule has 0 aliphatic rings. The average Bonchev–Trinajstić information content (AvgIpc) is 3.07. The quantitative estimate of drug-likeness (QED) is 0.454. The minimum atomic E-state index is -0.268. The van der Waals surface area contributed by atoms with Gasteiger partial charge in [-0.3, -0.25) is 9.89 Å². The number of benzene rings is 2. The van der Waals surface area contributed by atoms with E-state index in [1.807, 2.05) is 0 Å². The summed E-state index contributed by atoms with van der Waals surface area (Å²) < 4.78 is 0.800. The normalized spacial score (nSPS) is 10.7. The Hall–Kier alpha value is -1.74. The highest BCUT2D eigenvalue weighted by Gasteiger charge is 2.13. The molecule has 26 heavy (non-hydrogen) atoms. The highest BCUT2D eigenvalue weighted by molar-refractivity contribution is 9.10. The fourth-order valence-electron chi connectivity index (χ4n) is 2.04. The topological polar surface area (TPSA) is 90.9 Å². The van der Waals surface area contributed by atoms with Crippen molar-refractivity contribution >= 4 is 62.5 Å². The summed E-state index contributed by atoms with van der Waals surface area (Å²) in [6.45, 7) is 0. The molecule has 0 atom stereocenters. The lowest BCUT2D eigenvalue weighted by Crippen LogP contribution is -2.14. The molecule has 1 aromatic heterocycles. The number of rotatable bonds is 5. The molecule has 10 heteroatoms. The van der Waals surface area contributed by atoms with E-state index in [2.05, 4.69) is 36.4 Å². The number of aromatic amines is 1. The van der Waals surface area contributed by atoms with Crippen molar-refractivity contribution in [2.45, 2.75) is 5.16 Å². The van der Waals surface area contributed by atoms with Crippen LogP contribution in [0.1, 0.15) is 0 Å². The summed E-state index contributed by atoms with van der Waals surface area (Å²) in [4.78, 5) is 16.4. The van der Waals surface area contributed by atoms with Crippen molar-refractivity contribution in [3.8, 4) is 17.1 Å². The number of halogens is 3. The lowest BCUT2D eigenvalue weighted by atomic mass is 10.2. The summed E-state index contributed by atoms with van der Waals surface area (Å²) in [6, 6.07) is 9.82. The molecule has 1 amide bonds. The molecule has 2 aromatic carbocycles. The molecule has 0 saturated carbocycles. The number of thioether (sulfide) groups is 1. The van der Waals surface area contributed by atoms with Crippen LogP contribution in [0.25, 0.3) is 11.4 Å². The Bertz CT molecular complexity index is 967. The summed E-state index contributed by atoms with van der Waals surface area (Å²) >= 11 is 16.4. The van der Waals surface area contributed by atoms with Crippen LogP contribution < -0.4 is 5.32 Å². The predicted octanol–water partition coefficient (Wildman–Crippen LogP) is 4.98. The Morgan fingerprint density at radius 3 is 2.88 bits per heavy atom. The van der Waals surface area contributed by atoms with E-state index in [1.54, 1.807) is 36.4 Å². The summed E-state index contributed by atoms with van der Waals surface area (Å²) in [6.07, 6.45) is 0. The molecular formula is C16H11BrCl2N4O2S. The number of carbonyl (C=O) groups excluding carboxylic acids is 1. The maximum Gasteiger partial charge on any atom is 0.234 e. The molecule has 3 rings (SSSR count). The van der Waals surface area contributed by atoms with Gasteiger partial charge in [-0.05, 0) is 36.4 Å². The van der Waals surface area contributed by atoms with Gasteiger partial charge in [0.1, 0.15) is 5.75 Å². The number of H-pyrrole nitrogens is 1. The third-order valence-corrected chi connectivity index (χ3v) is 5.12. The average molecular weight is 474 g/mol. The number of carbonyl (C=O) groups is 1. The molecule has 0 fully saturated rings. The monoisotopic (exact) mass is 472 g/mol. The van der Waals surface area contributed by atoms with Crippen LogP contribution in [-0.4, -0.2) is 31.9 Å². The van der Waals surface area contributed by atoms with Gasteiger partial charge in [0.2, 0.25) is 11.1 Å². The summed E-state index contributed by atoms with van der Waals surface area (Å²) in [5.41, 5.74) is 0.952. The van der Waals surface area contributed by atoms with Crippen LogP contribution >= 0.6 is 50.9 Å². The van der Waals surface area contributed by atoms with Crippen LogP contribution in [0.3, 0.4) is 0 Å². The SMILES string of the molecule is O=C(CSc1n[nH]c(-c2cc(Br)ccc2O)n1)Nc1cc(Cl)ccc1Cl. The van der Waals surface area contributed by atoms with Gasteiger partial charge in [-0.25, -0.2) is 4.98 Å². The molecule has 134 valence electrons. The maximum absolute atomic E-state index is 12.1. The number of aromatic nitrogens is 3. The molecule has 0 unspecified atom stereocenters. The van der Waals surface area contributed by atoms with E-state index < -0.39 is 0 Å². The first-order valence-electron chi connectivity index (χ1n) is 7.21. The second-order valence-corrected chi connectivity index (χ2v) is 7.79. The van der Waals surface area contributed by atoms with Crippen molar-refractivity contribution in [1.82, 2.24) is 15.2 Å². The Labute approximate surface area is 171 Å². The number of phenolic OH excluding ortho intramolecular Hbond substituents is 1. The first kappa shape index (κ1) is 19.0. The molecule has 3 aromatic rings. The second kappa shape index (κ2) is 8.30. The zero-order valence-corrected chi connectivity index (χ0v) is 16.9. The Kier molecular flexibility index (Phi) is 6.08. The molecule has 0 radical (unpaired) electrons. The minimum absolute atomic E-state index is 0.0780. The molecular weight excluding hydrogens is 463 g/mol. The van der Waals surface area contributed by atoms with Crippen molar-refractivity contribution in [2.24, 2.45) is 0 Å². The van der Waals surface area contributed by atoms with Crippen LogP contribution in [-0.2, 0) is 4.79 Å². The largest absolute Gasteiger partial charge is 0.507 e. The van der Waals surface area contributed by atoms with Gasteiger partial charge >= 0.3 is 0 Å². The first-order chi connectivity index (χ1) is 12.4. The number of amides is 1. The third kappa shape index (κ3) is 4.70. The standard InChI is InChI=1S/C16H11BrCl2N4O2S/c17-8-1-4-13(24)10(5-8)15-21-16(23-22-15)26-7-14(25)20-12-6-9(18)2-3-11(12)19/h1-6,24H,7H2,(H,20,25)(H,21,22,23). The highest BCUT2D eigenvalue weighted by Crippen LogP contribution is 2.30. The van der Waals surface area contributed by atoms with Crippen molar-refractivity contribution in [2.75, 3.05) is 11.1 Å². The lowest BCUT2D eigenvalue weighted by molar-refractivity contribution is -0.113. The van der Waals surface area contributed by atoms with Gasteiger partial charge in [-0.2, -0.15) is 0 Å². The maximum atomic E-state index is 12.1. The van der Waals surface area contributed by atoms with Gasteiger partial charge in [0, 0.05) is 9.50 Å². The molecule has 0 aliphatic carbocycles. The lowest BCUT2D eigenvalue weighted by Gasteiger charge is -2.06. The van der Waals surface area contributed by atoms with E-state index in [9.17, 15) is 9.90 Å². The zero-order chi connectivity index (χ0) is 18.7. The second-order valence-electron chi connectivity index (χ2n) is 5.09. The predicted molar refractivity (Wildman–Crippen MR) is 107 cm³/mol. The van der Waals surface area contributed by atoms with Gasteiger partial charge in [0.25, 0.3) is 0 Å². The fourth-order valence-corrected chi connectivity index (χ4v) is 3.34. The van der Waals surface area contributed by atoms with Gasteiger partial charge in [-0.15, -0.1) is 5.10 Å². The number of hydrogen-bond acceptors (Lipinski definition) is 5. The van der Waals surface area contributed by atoms with Crippen molar-refractivity contribution in [1.29, 1.82) is 0 Å². The van der Waals surface area contributed by atoms with Crippen LogP contribution in [0.4, 0.5) is 5.69 Å². The minimum Gasteiger partial charge on any atom is -0.507 e. The van der Waals surface area contributed by atoms with Crippen molar-refractivity contribution in [3.63, 3.8) is 0 Å². The van der Waals surface area contributed by atoms with E-state index in [0.717, 1.165) is 16.2 Å². The molecule has 0 saturated heterocycles. The van der Waals surface area contributed by atoms with E-state index in [4.69, 9.17) is 23.2 Å². The molecule has 0 bridgehead atoms. The highest BCUT2D eigenvalue weighted by atomic mass is 79.9. The van der Waals surface area contributed by atoms with E-state index in [-0.39, 0.29) is 17.4 Å². The number of aromatic hydroxyl groups is 1. The first-order valence-corrected chi connectivity index (χ1v) is 9.75. The van der Waals surface area contributed by atoms with Crippen molar-refractivity contribution in [3.05, 3.63) is 50.9 Å².